The quantitative estimate of drug-likeness (QED) is 0.589. The fourth-order valence-corrected chi connectivity index (χ4v) is 3.65. The van der Waals surface area contributed by atoms with Crippen LogP contribution in [0.15, 0.2) is 66.0 Å². The molecule has 6 nitrogen and oxygen atoms in total. The number of nitrogens with one attached hydrogen (secondary N) is 2. The summed E-state index contributed by atoms with van der Waals surface area (Å²) in [4.78, 5) is 15.5. The second kappa shape index (κ2) is 9.73. The van der Waals surface area contributed by atoms with Gasteiger partial charge in [-0.15, -0.1) is 11.3 Å². The van der Waals surface area contributed by atoms with Gasteiger partial charge in [0.1, 0.15) is 11.5 Å². The van der Waals surface area contributed by atoms with Crippen LogP contribution < -0.4 is 15.4 Å². The fraction of sp³-hybridized carbons (Fsp3) is 0.182. The lowest BCUT2D eigenvalue weighted by atomic mass is 10.2. The predicted octanol–water partition coefficient (Wildman–Crippen LogP) is 4.84. The molecular weight excluding hydrogens is 384 g/mol. The maximum atomic E-state index is 12.3. The third-order valence-electron chi connectivity index (χ3n) is 4.28. The highest BCUT2D eigenvalue weighted by Gasteiger charge is 2.16. The van der Waals surface area contributed by atoms with Crippen molar-refractivity contribution >= 4 is 23.1 Å². The summed E-state index contributed by atoms with van der Waals surface area (Å²) >= 11 is 1.68. The number of ether oxygens (including phenoxy) is 1. The Balaban J connectivity index is 1.52. The lowest BCUT2D eigenvalue weighted by molar-refractivity contribution is 0.244. The van der Waals surface area contributed by atoms with Crippen molar-refractivity contribution in [1.82, 2.24) is 10.2 Å². The zero-order valence-corrected chi connectivity index (χ0v) is 17.1. The second-order valence-electron chi connectivity index (χ2n) is 6.59. The Morgan fingerprint density at radius 1 is 1.10 bits per heavy atom. The predicted molar refractivity (Wildman–Crippen MR) is 115 cm³/mol. The van der Waals surface area contributed by atoms with E-state index in [9.17, 15) is 4.79 Å². The molecule has 0 saturated heterocycles. The van der Waals surface area contributed by atoms with E-state index in [-0.39, 0.29) is 12.1 Å². The van der Waals surface area contributed by atoms with Crippen molar-refractivity contribution in [2.75, 3.05) is 26.0 Å². The van der Waals surface area contributed by atoms with E-state index in [1.165, 1.54) is 4.88 Å². The molecule has 1 aromatic heterocycles. The van der Waals surface area contributed by atoms with Crippen molar-refractivity contribution in [3.63, 3.8) is 0 Å². The first-order valence-electron chi connectivity index (χ1n) is 9.08. The van der Waals surface area contributed by atoms with Gasteiger partial charge in [-0.1, -0.05) is 6.07 Å². The molecule has 1 heterocycles. The Labute approximate surface area is 174 Å². The highest BCUT2D eigenvalue weighted by atomic mass is 32.1. The summed E-state index contributed by atoms with van der Waals surface area (Å²) in [7, 11) is 3.99. The van der Waals surface area contributed by atoms with Gasteiger partial charge in [-0.05, 0) is 74.1 Å². The molecule has 1 atom stereocenters. The summed E-state index contributed by atoms with van der Waals surface area (Å²) in [6.45, 7) is 0.513. The third-order valence-corrected chi connectivity index (χ3v) is 5.26. The molecule has 3 rings (SSSR count). The molecule has 148 valence electrons. The number of rotatable bonds is 7. The Morgan fingerprint density at radius 2 is 1.76 bits per heavy atom. The number of hydrogen-bond donors (Lipinski definition) is 2. The van der Waals surface area contributed by atoms with Crippen LogP contribution >= 0.6 is 11.3 Å². The van der Waals surface area contributed by atoms with Gasteiger partial charge in [-0.3, -0.25) is 0 Å². The van der Waals surface area contributed by atoms with Crippen LogP contribution in [-0.4, -0.2) is 31.6 Å². The normalized spacial score (nSPS) is 11.5. The number of likely N-dealkylation sites (N-methyl/N-ethyl adjacent to an activating group) is 1. The largest absolute Gasteiger partial charge is 0.457 e. The Morgan fingerprint density at radius 3 is 2.31 bits per heavy atom. The average Bonchev–Trinajstić information content (AvgIpc) is 3.24. The molecule has 0 aliphatic carbocycles. The van der Waals surface area contributed by atoms with Crippen LogP contribution in [0.25, 0.3) is 0 Å². The van der Waals surface area contributed by atoms with Gasteiger partial charge in [0, 0.05) is 17.1 Å². The topological polar surface area (TPSA) is 77.4 Å². The number of benzene rings is 2. The molecule has 29 heavy (non-hydrogen) atoms. The molecule has 7 heteroatoms. The standard InChI is InChI=1S/C22H22N4O2S/c1-26(2)20(21-4-3-13-29-21)15-24-22(27)25-17-7-11-19(12-8-17)28-18-9-5-16(14-23)6-10-18/h3-13,20H,15H2,1-2H3,(H2,24,25,27). The number of carbonyl (C=O) groups excluding carboxylic acids is 1. The number of anilines is 1. The smallest absolute Gasteiger partial charge is 0.319 e. The highest BCUT2D eigenvalue weighted by Crippen LogP contribution is 2.24. The SMILES string of the molecule is CN(C)C(CNC(=O)Nc1ccc(Oc2ccc(C#N)cc2)cc1)c1cccs1. The van der Waals surface area contributed by atoms with Gasteiger partial charge in [0.15, 0.2) is 0 Å². The van der Waals surface area contributed by atoms with Gasteiger partial charge >= 0.3 is 6.03 Å². The number of urea groups is 1. The second-order valence-corrected chi connectivity index (χ2v) is 7.57. The van der Waals surface area contributed by atoms with Gasteiger partial charge < -0.3 is 20.3 Å². The highest BCUT2D eigenvalue weighted by molar-refractivity contribution is 7.10. The minimum Gasteiger partial charge on any atom is -0.457 e. The van der Waals surface area contributed by atoms with Crippen LogP contribution in [0.3, 0.4) is 0 Å². The number of amides is 2. The summed E-state index contributed by atoms with van der Waals surface area (Å²) in [5.74, 6) is 1.29. The van der Waals surface area contributed by atoms with Crippen LogP contribution in [0.1, 0.15) is 16.5 Å². The molecule has 0 bridgehead atoms. The summed E-state index contributed by atoms with van der Waals surface area (Å²) in [6, 6.07) is 20.0. The summed E-state index contributed by atoms with van der Waals surface area (Å²) in [5, 5.41) is 16.6. The zero-order valence-electron chi connectivity index (χ0n) is 16.3. The van der Waals surface area contributed by atoms with Crippen molar-refractivity contribution in [2.45, 2.75) is 6.04 Å². The van der Waals surface area contributed by atoms with Crippen molar-refractivity contribution < 1.29 is 9.53 Å². The molecule has 0 aliphatic rings. The molecule has 2 N–H and O–H groups in total. The van der Waals surface area contributed by atoms with E-state index in [4.69, 9.17) is 10.00 Å². The summed E-state index contributed by atoms with van der Waals surface area (Å²) in [5.41, 5.74) is 1.26. The summed E-state index contributed by atoms with van der Waals surface area (Å²) in [6.07, 6.45) is 0. The molecule has 0 spiro atoms. The van der Waals surface area contributed by atoms with Crippen LogP contribution in [0.5, 0.6) is 11.5 Å². The molecule has 3 aromatic rings. The maximum Gasteiger partial charge on any atom is 0.319 e. The lowest BCUT2D eigenvalue weighted by Crippen LogP contribution is -2.36. The van der Waals surface area contributed by atoms with Crippen molar-refractivity contribution in [1.29, 1.82) is 5.26 Å². The van der Waals surface area contributed by atoms with Crippen molar-refractivity contribution in [3.05, 3.63) is 76.5 Å². The number of nitriles is 1. The molecule has 2 aromatic carbocycles. The van der Waals surface area contributed by atoms with Crippen molar-refractivity contribution in [3.8, 4) is 17.6 Å². The lowest BCUT2D eigenvalue weighted by Gasteiger charge is -2.23. The summed E-state index contributed by atoms with van der Waals surface area (Å²) < 4.78 is 5.74. The van der Waals surface area contributed by atoms with E-state index in [1.54, 1.807) is 59.9 Å². The minimum atomic E-state index is -0.255. The Bertz CT molecular complexity index is 962. The average molecular weight is 407 g/mol. The zero-order chi connectivity index (χ0) is 20.6. The van der Waals surface area contributed by atoms with Gasteiger partial charge in [-0.25, -0.2) is 4.79 Å². The van der Waals surface area contributed by atoms with E-state index >= 15 is 0 Å². The first-order chi connectivity index (χ1) is 14.0. The first-order valence-corrected chi connectivity index (χ1v) is 9.96. The van der Waals surface area contributed by atoms with Gasteiger partial charge in [0.25, 0.3) is 0 Å². The van der Waals surface area contributed by atoms with E-state index in [0.717, 1.165) is 0 Å². The van der Waals surface area contributed by atoms with E-state index in [0.29, 0.717) is 29.3 Å². The molecule has 0 fully saturated rings. The van der Waals surface area contributed by atoms with Gasteiger partial charge in [0.2, 0.25) is 0 Å². The van der Waals surface area contributed by atoms with Crippen LogP contribution in [0.4, 0.5) is 10.5 Å². The minimum absolute atomic E-state index is 0.129. The molecular formula is C22H22N4O2S. The number of thiophene rings is 1. The van der Waals surface area contributed by atoms with E-state index in [2.05, 4.69) is 27.7 Å². The number of nitrogens with zero attached hydrogens (tertiary/aromatic N) is 2. The van der Waals surface area contributed by atoms with Crippen molar-refractivity contribution in [2.24, 2.45) is 0 Å². The number of carbonyl (C=O) groups is 1. The van der Waals surface area contributed by atoms with Crippen LogP contribution in [0.2, 0.25) is 0 Å². The van der Waals surface area contributed by atoms with Gasteiger partial charge in [-0.2, -0.15) is 5.26 Å². The molecule has 0 radical (unpaired) electrons. The number of hydrogen-bond acceptors (Lipinski definition) is 5. The van der Waals surface area contributed by atoms with Crippen LogP contribution in [0, 0.1) is 11.3 Å². The van der Waals surface area contributed by atoms with E-state index < -0.39 is 0 Å². The Hall–Kier alpha value is -3.34. The fourth-order valence-electron chi connectivity index (χ4n) is 2.72. The van der Waals surface area contributed by atoms with E-state index in [1.807, 2.05) is 25.5 Å². The molecule has 0 aliphatic heterocycles. The molecule has 1 unspecified atom stereocenters. The van der Waals surface area contributed by atoms with Crippen LogP contribution in [-0.2, 0) is 0 Å². The molecule has 0 saturated carbocycles. The van der Waals surface area contributed by atoms with Gasteiger partial charge in [0.05, 0.1) is 17.7 Å². The first kappa shape index (κ1) is 20.4. The maximum absolute atomic E-state index is 12.3. The molecule has 2 amide bonds. The monoisotopic (exact) mass is 406 g/mol. The Kier molecular flexibility index (Phi) is 6.85. The third kappa shape index (κ3) is 5.82.